The van der Waals surface area contributed by atoms with E-state index in [2.05, 4.69) is 27.9 Å². The van der Waals surface area contributed by atoms with Crippen LogP contribution in [-0.2, 0) is 19.1 Å². The molecule has 6 heteroatoms. The number of esters is 2. The molecule has 0 amide bonds. The Kier molecular flexibility index (Phi) is 5.79. The van der Waals surface area contributed by atoms with Crippen LogP contribution in [-0.4, -0.2) is 48.7 Å². The highest BCUT2D eigenvalue weighted by Crippen LogP contribution is 2.36. The minimum Gasteiger partial charge on any atom is -0.465 e. The molecule has 2 bridgehead atoms. The average Bonchev–Trinajstić information content (AvgIpc) is 2.78. The third kappa shape index (κ3) is 4.42. The Balaban J connectivity index is 1.68. The summed E-state index contributed by atoms with van der Waals surface area (Å²) in [7, 11) is 2.16. The number of hydrogen-bond donors (Lipinski definition) is 0. The number of nitrogens with zero attached hydrogens (tertiary/aromatic N) is 1. The molecular formula is C19H24BrNO4. The molecule has 2 aliphatic rings. The molecule has 0 N–H and O–H groups in total. The van der Waals surface area contributed by atoms with E-state index >= 15 is 0 Å². The lowest BCUT2D eigenvalue weighted by molar-refractivity contribution is -0.157. The molecule has 0 aromatic heterocycles. The maximum Gasteiger partial charge on any atom is 0.317 e. The number of rotatable bonds is 5. The summed E-state index contributed by atoms with van der Waals surface area (Å²) in [5.74, 6) is -1.29. The van der Waals surface area contributed by atoms with Gasteiger partial charge in [-0.3, -0.25) is 9.59 Å². The summed E-state index contributed by atoms with van der Waals surface area (Å²) in [5.41, 5.74) is 0.797. The molecular weight excluding hydrogens is 386 g/mol. The van der Waals surface area contributed by atoms with Crippen molar-refractivity contribution in [2.24, 2.45) is 0 Å². The fraction of sp³-hybridized carbons (Fsp3) is 0.579. The maximum atomic E-state index is 12.8. The van der Waals surface area contributed by atoms with Crippen LogP contribution in [0.4, 0.5) is 0 Å². The molecule has 2 fully saturated rings. The van der Waals surface area contributed by atoms with Crippen molar-refractivity contribution >= 4 is 27.9 Å². The van der Waals surface area contributed by atoms with Crippen LogP contribution in [0.15, 0.2) is 28.7 Å². The molecule has 136 valence electrons. The van der Waals surface area contributed by atoms with Crippen molar-refractivity contribution < 1.29 is 19.1 Å². The Bertz CT molecular complexity index is 619. The van der Waals surface area contributed by atoms with Gasteiger partial charge in [0.05, 0.1) is 0 Å². The summed E-state index contributed by atoms with van der Waals surface area (Å²) in [6.07, 6.45) is 4.09. The van der Waals surface area contributed by atoms with Crippen molar-refractivity contribution in [2.75, 3.05) is 13.7 Å². The maximum absolute atomic E-state index is 12.8. The lowest BCUT2D eigenvalue weighted by Crippen LogP contribution is -2.44. The molecule has 0 spiro atoms. The first-order valence-corrected chi connectivity index (χ1v) is 9.54. The summed E-state index contributed by atoms with van der Waals surface area (Å²) in [6.45, 7) is 1.36. The third-order valence-corrected chi connectivity index (χ3v) is 5.88. The monoisotopic (exact) mass is 409 g/mol. The lowest BCUT2D eigenvalue weighted by Gasteiger charge is -2.36. The van der Waals surface area contributed by atoms with Crippen LogP contribution in [0.3, 0.4) is 0 Å². The first-order chi connectivity index (χ1) is 11.9. The Morgan fingerprint density at radius 2 is 1.80 bits per heavy atom. The second kappa shape index (κ2) is 7.87. The van der Waals surface area contributed by atoms with Gasteiger partial charge in [-0.15, -0.1) is 0 Å². The predicted molar refractivity (Wildman–Crippen MR) is 97.2 cm³/mol. The van der Waals surface area contributed by atoms with Gasteiger partial charge in [0.1, 0.15) is 18.6 Å². The van der Waals surface area contributed by atoms with Crippen molar-refractivity contribution in [3.8, 4) is 0 Å². The van der Waals surface area contributed by atoms with E-state index in [1.165, 1.54) is 19.8 Å². The lowest BCUT2D eigenvalue weighted by atomic mass is 9.98. The molecule has 1 aromatic rings. The van der Waals surface area contributed by atoms with Gasteiger partial charge >= 0.3 is 11.9 Å². The average molecular weight is 410 g/mol. The zero-order valence-corrected chi connectivity index (χ0v) is 16.2. The molecule has 2 saturated heterocycles. The number of carbonyl (C=O) groups excluding carboxylic acids is 2. The molecule has 0 aliphatic carbocycles. The highest BCUT2D eigenvalue weighted by atomic mass is 79.9. The summed E-state index contributed by atoms with van der Waals surface area (Å²) in [5, 5.41) is 0. The largest absolute Gasteiger partial charge is 0.465 e. The number of carbonyl (C=O) groups is 2. The zero-order chi connectivity index (χ0) is 18.0. The van der Waals surface area contributed by atoms with Gasteiger partial charge in [-0.1, -0.05) is 28.1 Å². The Hall–Kier alpha value is -1.40. The van der Waals surface area contributed by atoms with E-state index in [9.17, 15) is 9.59 Å². The minimum atomic E-state index is -0.589. The van der Waals surface area contributed by atoms with E-state index in [0.29, 0.717) is 12.1 Å². The molecule has 1 unspecified atom stereocenters. The zero-order valence-electron chi connectivity index (χ0n) is 14.6. The first kappa shape index (κ1) is 18.4. The van der Waals surface area contributed by atoms with Gasteiger partial charge in [0.15, 0.2) is 0 Å². The van der Waals surface area contributed by atoms with Crippen LogP contribution < -0.4 is 0 Å². The van der Waals surface area contributed by atoms with Gasteiger partial charge in [-0.05, 0) is 50.4 Å². The van der Waals surface area contributed by atoms with Crippen molar-refractivity contribution in [1.82, 2.24) is 4.90 Å². The van der Waals surface area contributed by atoms with Gasteiger partial charge in [0.25, 0.3) is 0 Å². The summed E-state index contributed by atoms with van der Waals surface area (Å²) < 4.78 is 11.9. The number of ether oxygens (including phenoxy) is 2. The quantitative estimate of drug-likeness (QED) is 0.698. The second-order valence-electron chi connectivity index (χ2n) is 6.99. The standard InChI is InChI=1S/C19H24BrNO4/c1-12(22)24-11-18(13-3-5-14(20)6-4-13)19(23)25-17-9-15-7-8-16(10-17)21(15)2/h3-6,15-18H,7-11H2,1-2H3/t15-,16+,17?,18-/m0/s1. The van der Waals surface area contributed by atoms with Crippen LogP contribution in [0.1, 0.15) is 44.1 Å². The highest BCUT2D eigenvalue weighted by Gasteiger charge is 2.40. The van der Waals surface area contributed by atoms with Crippen LogP contribution in [0, 0.1) is 0 Å². The molecule has 0 saturated carbocycles. The molecule has 2 aliphatic heterocycles. The number of halogens is 1. The Labute approximate surface area is 156 Å². The Morgan fingerprint density at radius 1 is 1.20 bits per heavy atom. The second-order valence-corrected chi connectivity index (χ2v) is 7.90. The number of piperidine rings is 1. The van der Waals surface area contributed by atoms with E-state index in [-0.39, 0.29) is 18.7 Å². The van der Waals surface area contributed by atoms with Crippen molar-refractivity contribution in [1.29, 1.82) is 0 Å². The van der Waals surface area contributed by atoms with E-state index in [0.717, 1.165) is 22.9 Å². The first-order valence-electron chi connectivity index (χ1n) is 8.75. The molecule has 1 aromatic carbocycles. The summed E-state index contributed by atoms with van der Waals surface area (Å²) in [4.78, 5) is 26.4. The van der Waals surface area contributed by atoms with E-state index < -0.39 is 11.9 Å². The molecule has 3 rings (SSSR count). The third-order valence-electron chi connectivity index (χ3n) is 5.35. The van der Waals surface area contributed by atoms with E-state index in [1.54, 1.807) is 0 Å². The van der Waals surface area contributed by atoms with Gasteiger partial charge in [-0.25, -0.2) is 0 Å². The Morgan fingerprint density at radius 3 is 2.36 bits per heavy atom. The minimum absolute atomic E-state index is 0.00921. The van der Waals surface area contributed by atoms with Gasteiger partial charge in [-0.2, -0.15) is 0 Å². The number of hydrogen-bond acceptors (Lipinski definition) is 5. The molecule has 25 heavy (non-hydrogen) atoms. The fourth-order valence-electron chi connectivity index (χ4n) is 3.90. The van der Waals surface area contributed by atoms with Gasteiger partial charge in [0.2, 0.25) is 0 Å². The SMILES string of the molecule is CC(=O)OC[C@H](C(=O)OC1C[C@H]2CC[C@@H](C1)N2C)c1ccc(Br)cc1. The normalized spacial score (nSPS) is 26.9. The van der Waals surface area contributed by atoms with E-state index in [4.69, 9.17) is 9.47 Å². The molecule has 5 nitrogen and oxygen atoms in total. The number of benzene rings is 1. The fourth-order valence-corrected chi connectivity index (χ4v) is 4.16. The van der Waals surface area contributed by atoms with Crippen molar-refractivity contribution in [2.45, 2.75) is 56.7 Å². The molecule has 0 radical (unpaired) electrons. The van der Waals surface area contributed by atoms with Gasteiger partial charge in [0, 0.05) is 23.5 Å². The summed E-state index contributed by atoms with van der Waals surface area (Å²) in [6, 6.07) is 8.49. The molecule has 4 atom stereocenters. The van der Waals surface area contributed by atoms with Crippen LogP contribution >= 0.6 is 15.9 Å². The van der Waals surface area contributed by atoms with Crippen LogP contribution in [0.5, 0.6) is 0 Å². The molecule has 2 heterocycles. The predicted octanol–water partition coefficient (Wildman–Crippen LogP) is 3.26. The van der Waals surface area contributed by atoms with Crippen molar-refractivity contribution in [3.63, 3.8) is 0 Å². The highest BCUT2D eigenvalue weighted by molar-refractivity contribution is 9.10. The van der Waals surface area contributed by atoms with Crippen LogP contribution in [0.25, 0.3) is 0 Å². The summed E-state index contributed by atoms with van der Waals surface area (Å²) >= 11 is 3.39. The van der Waals surface area contributed by atoms with Gasteiger partial charge < -0.3 is 14.4 Å². The van der Waals surface area contributed by atoms with E-state index in [1.807, 2.05) is 24.3 Å². The number of fused-ring (bicyclic) bond motifs is 2. The smallest absolute Gasteiger partial charge is 0.317 e. The topological polar surface area (TPSA) is 55.8 Å². The van der Waals surface area contributed by atoms with Crippen LogP contribution in [0.2, 0.25) is 0 Å². The van der Waals surface area contributed by atoms with Crippen molar-refractivity contribution in [3.05, 3.63) is 34.3 Å².